The fourth-order valence-electron chi connectivity index (χ4n) is 5.52. The smallest absolute Gasteiger partial charge is 0.263 e. The second-order valence-electron chi connectivity index (χ2n) is 10.7. The van der Waals surface area contributed by atoms with Crippen LogP contribution in [-0.4, -0.2) is 46.4 Å². The molecular weight excluding hydrogens is 679 g/mol. The van der Waals surface area contributed by atoms with Crippen molar-refractivity contribution in [1.29, 1.82) is 0 Å². The van der Waals surface area contributed by atoms with Crippen LogP contribution in [0.5, 0.6) is 5.75 Å². The van der Waals surface area contributed by atoms with Gasteiger partial charge in [0.1, 0.15) is 5.75 Å². The molecule has 3 heterocycles. The van der Waals surface area contributed by atoms with E-state index in [1.165, 1.54) is 40.5 Å². The highest BCUT2D eigenvalue weighted by molar-refractivity contribution is 7.93. The summed E-state index contributed by atoms with van der Waals surface area (Å²) in [4.78, 5) is 22.9. The minimum Gasteiger partial charge on any atom is -0.496 e. The Bertz CT molecular complexity index is 2100. The monoisotopic (exact) mass is 709 g/mol. The standard InChI is InChI=1S/C20H19N3O4S2.C12H12N2O2S2/c1-27-18-5-3-2-4-15(18)13-19(24)23-10-8-14-12-16(6-7-17(14)23)29(25,26)22-20-21-9-11-28-20;15-18(16,14-12-13-6-7-17-12)11-5-4-9-2-1-3-10(9)8-11/h2-7,9,11-12H,8,10,13H2,1H3,(H,21,22);4-8H,1-3H2,(H,13,14). The molecule has 0 unspecified atom stereocenters. The minimum absolute atomic E-state index is 0.0511. The summed E-state index contributed by atoms with van der Waals surface area (Å²) in [7, 11) is -5.65. The molecule has 0 spiro atoms. The predicted octanol–water partition coefficient (Wildman–Crippen LogP) is 5.52. The number of carbonyl (C=O) groups is 1. The number of nitrogens with zero attached hydrogens (tertiary/aromatic N) is 3. The second-order valence-corrected chi connectivity index (χ2v) is 15.9. The van der Waals surface area contributed by atoms with Crippen molar-refractivity contribution in [1.82, 2.24) is 9.97 Å². The number of fused-ring (bicyclic) bond motifs is 2. The van der Waals surface area contributed by atoms with E-state index in [1.807, 2.05) is 30.3 Å². The molecule has 0 bridgehead atoms. The number of hydrogen-bond donors (Lipinski definition) is 2. The van der Waals surface area contributed by atoms with Gasteiger partial charge in [0.25, 0.3) is 20.0 Å². The number of thiazole rings is 2. The van der Waals surface area contributed by atoms with Crippen LogP contribution < -0.4 is 19.1 Å². The highest BCUT2D eigenvalue weighted by atomic mass is 32.2. The van der Waals surface area contributed by atoms with E-state index >= 15 is 0 Å². The van der Waals surface area contributed by atoms with E-state index in [0.29, 0.717) is 33.9 Å². The van der Waals surface area contributed by atoms with Gasteiger partial charge in [0.05, 0.1) is 23.3 Å². The number of aromatic nitrogens is 2. The fourth-order valence-corrected chi connectivity index (χ4v) is 9.20. The Labute approximate surface area is 281 Å². The van der Waals surface area contributed by atoms with Crippen LogP contribution >= 0.6 is 22.7 Å². The molecule has 5 aromatic rings. The lowest BCUT2D eigenvalue weighted by Gasteiger charge is -2.18. The first-order valence-electron chi connectivity index (χ1n) is 14.6. The Morgan fingerprint density at radius 3 is 2.06 bits per heavy atom. The van der Waals surface area contributed by atoms with Gasteiger partial charge in [0.15, 0.2) is 10.3 Å². The summed E-state index contributed by atoms with van der Waals surface area (Å²) in [6.07, 6.45) is 7.06. The lowest BCUT2D eigenvalue weighted by atomic mass is 10.1. The number of hydrogen-bond acceptors (Lipinski definition) is 10. The number of methoxy groups -OCH3 is 1. The van der Waals surface area contributed by atoms with E-state index in [4.69, 9.17) is 4.74 Å². The van der Waals surface area contributed by atoms with Gasteiger partial charge in [-0.1, -0.05) is 24.3 Å². The Morgan fingerprint density at radius 2 is 1.43 bits per heavy atom. The third-order valence-corrected chi connectivity index (χ3v) is 12.1. The first-order chi connectivity index (χ1) is 22.6. The van der Waals surface area contributed by atoms with E-state index < -0.39 is 20.0 Å². The van der Waals surface area contributed by atoms with Crippen molar-refractivity contribution < 1.29 is 26.4 Å². The molecule has 0 atom stereocenters. The summed E-state index contributed by atoms with van der Waals surface area (Å²) in [6, 6.07) is 17.6. The number of sulfonamides is 2. The van der Waals surface area contributed by atoms with Crippen LogP contribution in [0.1, 0.15) is 28.7 Å². The summed E-state index contributed by atoms with van der Waals surface area (Å²) in [6.45, 7) is 0.521. The highest BCUT2D eigenvalue weighted by Gasteiger charge is 2.27. The number of ether oxygens (including phenoxy) is 1. The van der Waals surface area contributed by atoms with Crippen LogP contribution in [0.3, 0.4) is 0 Å². The molecule has 15 heteroatoms. The summed E-state index contributed by atoms with van der Waals surface area (Å²) in [5, 5.41) is 4.15. The van der Waals surface area contributed by atoms with Crippen molar-refractivity contribution in [2.75, 3.05) is 28.0 Å². The molecule has 2 aliphatic rings. The normalized spacial score (nSPS) is 13.7. The van der Waals surface area contributed by atoms with Crippen molar-refractivity contribution >= 4 is 64.6 Å². The van der Waals surface area contributed by atoms with Gasteiger partial charge in [0, 0.05) is 40.9 Å². The Kier molecular flexibility index (Phi) is 9.59. The third-order valence-electron chi connectivity index (χ3n) is 7.78. The SMILES string of the molecule is COc1ccccc1CC(=O)N1CCc2cc(S(=O)(=O)Nc3nccs3)ccc21.O=S(=O)(Nc1nccs1)c1ccc2c(c1)CCC2. The van der Waals surface area contributed by atoms with Crippen LogP contribution in [0.15, 0.2) is 93.6 Å². The third kappa shape index (κ3) is 7.48. The lowest BCUT2D eigenvalue weighted by Crippen LogP contribution is -2.30. The van der Waals surface area contributed by atoms with Gasteiger partial charge in [-0.25, -0.2) is 26.8 Å². The average molecular weight is 710 g/mol. The second kappa shape index (κ2) is 13.8. The van der Waals surface area contributed by atoms with Gasteiger partial charge in [-0.05, 0) is 78.8 Å². The maximum absolute atomic E-state index is 12.9. The predicted molar refractivity (Wildman–Crippen MR) is 184 cm³/mol. The summed E-state index contributed by atoms with van der Waals surface area (Å²) in [5.74, 6) is 0.625. The zero-order valence-electron chi connectivity index (χ0n) is 25.2. The van der Waals surface area contributed by atoms with Gasteiger partial charge in [-0.3, -0.25) is 14.2 Å². The lowest BCUT2D eigenvalue weighted by molar-refractivity contribution is -0.117. The van der Waals surface area contributed by atoms with E-state index in [-0.39, 0.29) is 17.2 Å². The summed E-state index contributed by atoms with van der Waals surface area (Å²) < 4.78 is 59.8. The molecule has 0 fully saturated rings. The molecule has 1 aliphatic heterocycles. The first kappa shape index (κ1) is 32.6. The van der Waals surface area contributed by atoms with Crippen LogP contribution in [0.25, 0.3) is 0 Å². The van der Waals surface area contributed by atoms with Crippen LogP contribution in [0.2, 0.25) is 0 Å². The molecule has 1 aliphatic carbocycles. The number of benzene rings is 3. The molecule has 0 radical (unpaired) electrons. The van der Waals surface area contributed by atoms with Gasteiger partial charge in [0.2, 0.25) is 5.91 Å². The molecule has 47 heavy (non-hydrogen) atoms. The zero-order chi connectivity index (χ0) is 33.0. The van der Waals surface area contributed by atoms with Gasteiger partial charge in [-0.2, -0.15) is 0 Å². The summed E-state index contributed by atoms with van der Waals surface area (Å²) in [5.41, 5.74) is 4.82. The Morgan fingerprint density at radius 1 is 0.809 bits per heavy atom. The van der Waals surface area contributed by atoms with Gasteiger partial charge < -0.3 is 9.64 Å². The molecule has 1 amide bonds. The molecule has 2 aromatic heterocycles. The van der Waals surface area contributed by atoms with Crippen LogP contribution in [-0.2, 0) is 50.5 Å². The van der Waals surface area contributed by atoms with Crippen molar-refractivity contribution in [3.63, 3.8) is 0 Å². The fraction of sp³-hybridized carbons (Fsp3) is 0.219. The van der Waals surface area contributed by atoms with Gasteiger partial charge in [-0.15, -0.1) is 22.7 Å². The Hall–Kier alpha value is -4.31. The zero-order valence-corrected chi connectivity index (χ0v) is 28.5. The van der Waals surface area contributed by atoms with Crippen LogP contribution in [0, 0.1) is 0 Å². The summed E-state index contributed by atoms with van der Waals surface area (Å²) >= 11 is 2.48. The molecule has 2 N–H and O–H groups in total. The quantitative estimate of drug-likeness (QED) is 0.204. The number of anilines is 3. The molecule has 0 saturated carbocycles. The molecule has 244 valence electrons. The first-order valence-corrected chi connectivity index (χ1v) is 19.4. The number of aryl methyl sites for hydroxylation is 2. The molecule has 7 rings (SSSR count). The number of carbonyl (C=O) groups excluding carboxylic acids is 1. The average Bonchev–Trinajstić information content (AvgIpc) is 3.89. The van der Waals surface area contributed by atoms with Crippen molar-refractivity contribution in [3.8, 4) is 5.75 Å². The number of nitrogens with one attached hydrogen (secondary N) is 2. The minimum atomic E-state index is -3.72. The maximum Gasteiger partial charge on any atom is 0.263 e. The topological polar surface area (TPSA) is 148 Å². The van der Waals surface area contributed by atoms with Gasteiger partial charge >= 0.3 is 0 Å². The van der Waals surface area contributed by atoms with Crippen molar-refractivity contribution in [2.24, 2.45) is 0 Å². The van der Waals surface area contributed by atoms with Crippen molar-refractivity contribution in [2.45, 2.75) is 41.9 Å². The molecule has 11 nitrogen and oxygen atoms in total. The number of para-hydroxylation sites is 1. The molecule has 3 aromatic carbocycles. The van der Waals surface area contributed by atoms with Crippen molar-refractivity contribution in [3.05, 3.63) is 106 Å². The number of rotatable bonds is 9. The highest BCUT2D eigenvalue weighted by Crippen LogP contribution is 2.32. The molecule has 0 saturated heterocycles. The van der Waals surface area contributed by atoms with E-state index in [2.05, 4.69) is 19.4 Å². The largest absolute Gasteiger partial charge is 0.496 e. The van der Waals surface area contributed by atoms with Crippen LogP contribution in [0.4, 0.5) is 16.0 Å². The van der Waals surface area contributed by atoms with E-state index in [1.54, 1.807) is 53.2 Å². The van der Waals surface area contributed by atoms with E-state index in [9.17, 15) is 21.6 Å². The van der Waals surface area contributed by atoms with E-state index in [0.717, 1.165) is 41.6 Å². The number of amides is 1. The maximum atomic E-state index is 12.9. The molecular formula is C32H31N5O6S4. The Balaban J connectivity index is 0.000000183.